The minimum Gasteiger partial charge on any atom is -0.477 e. The van der Waals surface area contributed by atoms with Gasteiger partial charge in [0.15, 0.2) is 5.70 Å². The van der Waals surface area contributed by atoms with Gasteiger partial charge in [0.05, 0.1) is 12.1 Å². The van der Waals surface area contributed by atoms with Crippen molar-refractivity contribution in [2.45, 2.75) is 19.1 Å². The molecule has 0 aromatic heterocycles. The fraction of sp³-hybridized carbons (Fsp3) is 0.227. The molecule has 0 radical (unpaired) electrons. The lowest BCUT2D eigenvalue weighted by Crippen LogP contribution is -2.37. The van der Waals surface area contributed by atoms with Gasteiger partial charge in [-0.25, -0.2) is 14.8 Å². The van der Waals surface area contributed by atoms with Crippen LogP contribution in [0.2, 0.25) is 0 Å². The van der Waals surface area contributed by atoms with E-state index in [1.807, 2.05) is 60.7 Å². The predicted molar refractivity (Wildman–Crippen MR) is 108 cm³/mol. The molecule has 2 aliphatic rings. The van der Waals surface area contributed by atoms with Crippen molar-refractivity contribution >= 4 is 17.8 Å². The maximum atomic E-state index is 13.5. The predicted octanol–water partition coefficient (Wildman–Crippen LogP) is 0.954. The number of carbonyl (C=O) groups excluding carboxylic acids is 2. The second-order valence-electron chi connectivity index (χ2n) is 7.37. The van der Waals surface area contributed by atoms with E-state index < -0.39 is 23.8 Å². The molecule has 2 aliphatic heterocycles. The summed E-state index contributed by atoms with van der Waals surface area (Å²) in [6.07, 6.45) is 0. The minimum absolute atomic E-state index is 0.0417. The zero-order chi connectivity index (χ0) is 21.3. The smallest absolute Gasteiger partial charge is 0.354 e. The maximum Gasteiger partial charge on any atom is 0.354 e. The first kappa shape index (κ1) is 19.8. The normalized spacial score (nSPS) is 18.6. The van der Waals surface area contributed by atoms with Crippen LogP contribution in [0.4, 0.5) is 0 Å². The Labute approximate surface area is 173 Å². The summed E-state index contributed by atoms with van der Waals surface area (Å²) in [5.41, 5.74) is 7.42. The molecule has 8 heteroatoms. The highest BCUT2D eigenvalue weighted by atomic mass is 16.4. The molecule has 30 heavy (non-hydrogen) atoms. The van der Waals surface area contributed by atoms with E-state index in [0.29, 0.717) is 13.1 Å². The SMILES string of the molecule is N[C@H]1CN2CC(C(=O)N(Cc3ccccc3)Cc3ccccc3)=C(C(=O)O)N2C1=O. The number of amides is 2. The number of rotatable bonds is 6. The molecule has 0 spiro atoms. The number of carbonyl (C=O) groups is 3. The Morgan fingerprint density at radius 2 is 1.53 bits per heavy atom. The standard InChI is InChI=1S/C22H22N4O4/c23-18-14-25-13-17(19(22(29)30)26(25)21(18)28)20(27)24(11-15-7-3-1-4-8-15)12-16-9-5-2-6-10-16/h1-10,18H,11-14,23H2,(H,29,30)/t18-/m0/s1. The number of benzene rings is 2. The third kappa shape index (κ3) is 3.70. The average Bonchev–Trinajstić information content (AvgIpc) is 3.25. The van der Waals surface area contributed by atoms with Crippen LogP contribution in [0.25, 0.3) is 0 Å². The van der Waals surface area contributed by atoms with Crippen molar-refractivity contribution in [2.75, 3.05) is 13.1 Å². The zero-order valence-corrected chi connectivity index (χ0v) is 16.3. The van der Waals surface area contributed by atoms with Crippen LogP contribution in [0.3, 0.4) is 0 Å². The van der Waals surface area contributed by atoms with E-state index in [2.05, 4.69) is 0 Å². The van der Waals surface area contributed by atoms with Crippen molar-refractivity contribution in [3.05, 3.63) is 83.1 Å². The van der Waals surface area contributed by atoms with Crippen molar-refractivity contribution in [3.63, 3.8) is 0 Å². The molecule has 3 N–H and O–H groups in total. The average molecular weight is 406 g/mol. The monoisotopic (exact) mass is 406 g/mol. The Bertz CT molecular complexity index is 965. The Balaban J connectivity index is 1.68. The summed E-state index contributed by atoms with van der Waals surface area (Å²) in [5, 5.41) is 12.3. The fourth-order valence-corrected chi connectivity index (χ4v) is 3.84. The lowest BCUT2D eigenvalue weighted by atomic mass is 10.1. The highest BCUT2D eigenvalue weighted by molar-refractivity contribution is 6.06. The van der Waals surface area contributed by atoms with E-state index in [9.17, 15) is 19.5 Å². The molecule has 2 aromatic carbocycles. The van der Waals surface area contributed by atoms with Crippen molar-refractivity contribution in [1.82, 2.24) is 14.9 Å². The molecule has 1 saturated heterocycles. The van der Waals surface area contributed by atoms with Crippen LogP contribution in [0.1, 0.15) is 11.1 Å². The summed E-state index contributed by atoms with van der Waals surface area (Å²) in [6.45, 7) is 0.862. The lowest BCUT2D eigenvalue weighted by molar-refractivity contribution is -0.143. The zero-order valence-electron chi connectivity index (χ0n) is 16.3. The molecule has 154 valence electrons. The van der Waals surface area contributed by atoms with E-state index in [1.54, 1.807) is 4.90 Å². The first-order chi connectivity index (χ1) is 14.5. The number of hydrogen-bond donors (Lipinski definition) is 2. The first-order valence-corrected chi connectivity index (χ1v) is 9.63. The van der Waals surface area contributed by atoms with Crippen LogP contribution in [-0.4, -0.2) is 56.9 Å². The topological polar surface area (TPSA) is 107 Å². The van der Waals surface area contributed by atoms with Crippen LogP contribution >= 0.6 is 0 Å². The molecule has 2 amide bonds. The molecule has 0 bridgehead atoms. The Kier molecular flexibility index (Phi) is 5.35. The summed E-state index contributed by atoms with van der Waals surface area (Å²) in [4.78, 5) is 39.4. The van der Waals surface area contributed by atoms with Crippen LogP contribution < -0.4 is 5.73 Å². The Morgan fingerprint density at radius 1 is 1.00 bits per heavy atom. The van der Waals surface area contributed by atoms with E-state index >= 15 is 0 Å². The highest BCUT2D eigenvalue weighted by Gasteiger charge is 2.48. The quantitative estimate of drug-likeness (QED) is 0.740. The molecule has 2 aromatic rings. The third-order valence-corrected chi connectivity index (χ3v) is 5.23. The molecule has 2 heterocycles. The molecular formula is C22H22N4O4. The molecule has 1 atom stereocenters. The van der Waals surface area contributed by atoms with E-state index in [-0.39, 0.29) is 24.4 Å². The van der Waals surface area contributed by atoms with E-state index in [0.717, 1.165) is 16.1 Å². The number of nitrogens with two attached hydrogens (primary N) is 1. The maximum absolute atomic E-state index is 13.5. The van der Waals surface area contributed by atoms with Gasteiger partial charge in [0.1, 0.15) is 6.04 Å². The number of hydrogen-bond acceptors (Lipinski definition) is 5. The molecular weight excluding hydrogens is 384 g/mol. The minimum atomic E-state index is -1.32. The first-order valence-electron chi connectivity index (χ1n) is 9.63. The second kappa shape index (κ2) is 8.10. The molecule has 0 unspecified atom stereocenters. The van der Waals surface area contributed by atoms with Crippen molar-refractivity contribution in [1.29, 1.82) is 0 Å². The van der Waals surface area contributed by atoms with Crippen LogP contribution in [0, 0.1) is 0 Å². The second-order valence-corrected chi connectivity index (χ2v) is 7.37. The number of hydrazine groups is 1. The Hall–Kier alpha value is -3.49. The van der Waals surface area contributed by atoms with Crippen molar-refractivity contribution < 1.29 is 19.5 Å². The number of fused-ring (bicyclic) bond motifs is 1. The van der Waals surface area contributed by atoms with Gasteiger partial charge in [0, 0.05) is 19.6 Å². The van der Waals surface area contributed by atoms with Gasteiger partial charge < -0.3 is 15.7 Å². The van der Waals surface area contributed by atoms with Gasteiger partial charge in [0.25, 0.3) is 11.8 Å². The van der Waals surface area contributed by atoms with Crippen molar-refractivity contribution in [2.24, 2.45) is 5.73 Å². The summed E-state index contributed by atoms with van der Waals surface area (Å²) in [7, 11) is 0. The molecule has 1 fully saturated rings. The number of nitrogens with zero attached hydrogens (tertiary/aromatic N) is 3. The molecule has 4 rings (SSSR count). The number of carboxylic acid groups (broad SMARTS) is 1. The third-order valence-electron chi connectivity index (χ3n) is 5.23. The summed E-state index contributed by atoms with van der Waals surface area (Å²) >= 11 is 0. The van der Waals surface area contributed by atoms with Gasteiger partial charge in [-0.3, -0.25) is 9.59 Å². The number of aliphatic carboxylic acids is 1. The van der Waals surface area contributed by atoms with Gasteiger partial charge in [-0.05, 0) is 11.1 Å². The van der Waals surface area contributed by atoms with Crippen LogP contribution in [0.5, 0.6) is 0 Å². The Morgan fingerprint density at radius 3 is 2.03 bits per heavy atom. The summed E-state index contributed by atoms with van der Waals surface area (Å²) in [6, 6.07) is 18.2. The van der Waals surface area contributed by atoms with Gasteiger partial charge in [0.2, 0.25) is 0 Å². The number of carboxylic acids is 1. The highest BCUT2D eigenvalue weighted by Crippen LogP contribution is 2.30. The fourth-order valence-electron chi connectivity index (χ4n) is 3.84. The largest absolute Gasteiger partial charge is 0.477 e. The lowest BCUT2D eigenvalue weighted by Gasteiger charge is -2.24. The van der Waals surface area contributed by atoms with E-state index in [4.69, 9.17) is 5.73 Å². The van der Waals surface area contributed by atoms with Crippen LogP contribution in [-0.2, 0) is 27.5 Å². The molecule has 0 saturated carbocycles. The summed E-state index contributed by atoms with van der Waals surface area (Å²) < 4.78 is 0. The van der Waals surface area contributed by atoms with Gasteiger partial charge in [-0.2, -0.15) is 0 Å². The van der Waals surface area contributed by atoms with Gasteiger partial charge >= 0.3 is 5.97 Å². The molecule has 8 nitrogen and oxygen atoms in total. The molecule has 0 aliphatic carbocycles. The van der Waals surface area contributed by atoms with Crippen LogP contribution in [0.15, 0.2) is 71.9 Å². The summed E-state index contributed by atoms with van der Waals surface area (Å²) in [5.74, 6) is -2.23. The van der Waals surface area contributed by atoms with Crippen molar-refractivity contribution in [3.8, 4) is 0 Å². The van der Waals surface area contributed by atoms with Gasteiger partial charge in [-0.1, -0.05) is 60.7 Å². The van der Waals surface area contributed by atoms with Gasteiger partial charge in [-0.15, -0.1) is 0 Å². The van der Waals surface area contributed by atoms with E-state index in [1.165, 1.54) is 5.01 Å².